The van der Waals surface area contributed by atoms with Gasteiger partial charge in [-0.3, -0.25) is 9.10 Å². The lowest BCUT2D eigenvalue weighted by Crippen LogP contribution is -2.39. The van der Waals surface area contributed by atoms with Gasteiger partial charge in [-0.25, -0.2) is 13.8 Å². The van der Waals surface area contributed by atoms with Crippen LogP contribution in [0.25, 0.3) is 0 Å². The second kappa shape index (κ2) is 9.27. The number of benzene rings is 2. The number of hydrazone groups is 1. The van der Waals surface area contributed by atoms with Crippen molar-refractivity contribution < 1.29 is 13.2 Å². The molecule has 1 amide bonds. The average Bonchev–Trinajstić information content (AvgIpc) is 2.61. The number of amides is 1. The molecule has 2 rings (SSSR count). The molecule has 2 aromatic rings. The maximum Gasteiger partial charge on any atom is 0.260 e. The van der Waals surface area contributed by atoms with E-state index >= 15 is 0 Å². The predicted octanol–water partition coefficient (Wildman–Crippen LogP) is 2.98. The lowest BCUT2D eigenvalue weighted by atomic mass is 10.2. The quantitative estimate of drug-likeness (QED) is 0.527. The largest absolute Gasteiger partial charge is 0.378 e. The van der Waals surface area contributed by atoms with Gasteiger partial charge < -0.3 is 4.90 Å². The van der Waals surface area contributed by atoms with E-state index < -0.39 is 22.5 Å². The van der Waals surface area contributed by atoms with Crippen LogP contribution in [0.1, 0.15) is 5.56 Å². The van der Waals surface area contributed by atoms with Crippen molar-refractivity contribution in [2.45, 2.75) is 0 Å². The molecular weight excluding hydrogens is 423 g/mol. The standard InChI is InChI=1S/C18H20Cl2N4O3S/c1-23(2)15-7-4-13(5-8-15)11-21-22-18(25)12-24(28(3,26)27)17-10-14(19)6-9-16(17)20/h4-11H,12H2,1-3H3,(H,22,25)/b21-11-. The highest BCUT2D eigenvalue weighted by atomic mass is 35.5. The Morgan fingerprint density at radius 3 is 2.36 bits per heavy atom. The summed E-state index contributed by atoms with van der Waals surface area (Å²) in [6.45, 7) is -0.490. The number of nitrogens with one attached hydrogen (secondary N) is 1. The van der Waals surface area contributed by atoms with Gasteiger partial charge in [-0.15, -0.1) is 0 Å². The van der Waals surface area contributed by atoms with Gasteiger partial charge in [0, 0.05) is 24.8 Å². The summed E-state index contributed by atoms with van der Waals surface area (Å²) in [4.78, 5) is 14.2. The van der Waals surface area contributed by atoms with Gasteiger partial charge in [-0.2, -0.15) is 5.10 Å². The highest BCUT2D eigenvalue weighted by Crippen LogP contribution is 2.30. The van der Waals surface area contributed by atoms with Crippen molar-refractivity contribution in [1.82, 2.24) is 5.43 Å². The molecule has 28 heavy (non-hydrogen) atoms. The van der Waals surface area contributed by atoms with Crippen LogP contribution in [0.2, 0.25) is 10.0 Å². The van der Waals surface area contributed by atoms with Gasteiger partial charge in [0.25, 0.3) is 5.91 Å². The SMILES string of the molecule is CN(C)c1ccc(/C=N\NC(=O)CN(c2cc(Cl)ccc2Cl)S(C)(=O)=O)cc1. The highest BCUT2D eigenvalue weighted by molar-refractivity contribution is 7.92. The van der Waals surface area contributed by atoms with Crippen LogP contribution in [0.15, 0.2) is 47.6 Å². The van der Waals surface area contributed by atoms with Crippen molar-refractivity contribution in [2.24, 2.45) is 5.10 Å². The summed E-state index contributed by atoms with van der Waals surface area (Å²) in [7, 11) is 0.0976. The summed E-state index contributed by atoms with van der Waals surface area (Å²) in [5, 5.41) is 4.32. The molecule has 0 atom stereocenters. The minimum atomic E-state index is -3.77. The Kier molecular flexibility index (Phi) is 7.29. The van der Waals surface area contributed by atoms with E-state index in [2.05, 4.69) is 10.5 Å². The molecule has 2 aromatic carbocycles. The first kappa shape index (κ1) is 22.0. The summed E-state index contributed by atoms with van der Waals surface area (Å²) in [6, 6.07) is 11.9. The van der Waals surface area contributed by atoms with Crippen molar-refractivity contribution in [3.63, 3.8) is 0 Å². The van der Waals surface area contributed by atoms with Crippen molar-refractivity contribution in [3.8, 4) is 0 Å². The molecule has 0 spiro atoms. The fourth-order valence-corrected chi connectivity index (χ4v) is 3.56. The van der Waals surface area contributed by atoms with Gasteiger partial charge in [-0.1, -0.05) is 35.3 Å². The molecular formula is C18H20Cl2N4O3S. The molecule has 0 fully saturated rings. The Hall–Kier alpha value is -2.29. The molecule has 1 N–H and O–H groups in total. The first-order valence-corrected chi connectivity index (χ1v) is 10.7. The second-order valence-electron chi connectivity index (χ2n) is 6.14. The van der Waals surface area contributed by atoms with Crippen molar-refractivity contribution in [3.05, 3.63) is 58.1 Å². The molecule has 0 saturated carbocycles. The third kappa shape index (κ3) is 6.12. The van der Waals surface area contributed by atoms with Crippen LogP contribution in [0.3, 0.4) is 0 Å². The van der Waals surface area contributed by atoms with E-state index in [0.717, 1.165) is 21.8 Å². The molecule has 0 heterocycles. The molecule has 0 aliphatic heterocycles. The van der Waals surface area contributed by atoms with Crippen LogP contribution in [-0.4, -0.2) is 47.4 Å². The third-order valence-electron chi connectivity index (χ3n) is 3.68. The number of rotatable bonds is 7. The van der Waals surface area contributed by atoms with E-state index in [1.165, 1.54) is 24.4 Å². The van der Waals surface area contributed by atoms with Gasteiger partial charge in [0.2, 0.25) is 10.0 Å². The lowest BCUT2D eigenvalue weighted by Gasteiger charge is -2.22. The molecule has 0 unspecified atom stereocenters. The average molecular weight is 443 g/mol. The molecule has 0 radical (unpaired) electrons. The molecule has 0 bridgehead atoms. The topological polar surface area (TPSA) is 82.1 Å². The lowest BCUT2D eigenvalue weighted by molar-refractivity contribution is -0.119. The van der Waals surface area contributed by atoms with Crippen LogP contribution in [0.4, 0.5) is 11.4 Å². The molecule has 0 aliphatic rings. The molecule has 0 saturated heterocycles. The zero-order valence-electron chi connectivity index (χ0n) is 15.6. The number of carbonyl (C=O) groups is 1. The zero-order chi connectivity index (χ0) is 20.9. The van der Waals surface area contributed by atoms with Crippen LogP contribution < -0.4 is 14.6 Å². The van der Waals surface area contributed by atoms with E-state index in [1.807, 2.05) is 43.3 Å². The summed E-state index contributed by atoms with van der Waals surface area (Å²) >= 11 is 12.0. The van der Waals surface area contributed by atoms with E-state index in [-0.39, 0.29) is 10.7 Å². The zero-order valence-corrected chi connectivity index (χ0v) is 17.9. The van der Waals surface area contributed by atoms with Gasteiger partial charge in [-0.05, 0) is 35.9 Å². The smallest absolute Gasteiger partial charge is 0.260 e. The summed E-state index contributed by atoms with van der Waals surface area (Å²) in [6.07, 6.45) is 2.45. The molecule has 0 aromatic heterocycles. The summed E-state index contributed by atoms with van der Waals surface area (Å²) in [5.41, 5.74) is 4.25. The minimum absolute atomic E-state index is 0.120. The predicted molar refractivity (Wildman–Crippen MR) is 115 cm³/mol. The molecule has 7 nitrogen and oxygen atoms in total. The Labute approximate surface area is 174 Å². The Morgan fingerprint density at radius 2 is 1.79 bits per heavy atom. The normalized spacial score (nSPS) is 11.5. The number of hydrogen-bond acceptors (Lipinski definition) is 5. The van der Waals surface area contributed by atoms with Gasteiger partial charge in [0.05, 0.1) is 23.2 Å². The number of sulfonamides is 1. The first-order chi connectivity index (χ1) is 13.1. The number of hydrogen-bond donors (Lipinski definition) is 1. The Morgan fingerprint density at radius 1 is 1.14 bits per heavy atom. The van der Waals surface area contributed by atoms with E-state index in [9.17, 15) is 13.2 Å². The number of anilines is 2. The highest BCUT2D eigenvalue weighted by Gasteiger charge is 2.23. The number of nitrogens with zero attached hydrogens (tertiary/aromatic N) is 3. The van der Waals surface area contributed by atoms with Crippen LogP contribution in [0.5, 0.6) is 0 Å². The van der Waals surface area contributed by atoms with Crippen molar-refractivity contribution in [1.29, 1.82) is 0 Å². The fraction of sp³-hybridized carbons (Fsp3) is 0.222. The maximum atomic E-state index is 12.2. The van der Waals surface area contributed by atoms with Gasteiger partial charge in [0.15, 0.2) is 0 Å². The Bertz CT molecular complexity index is 977. The first-order valence-electron chi connectivity index (χ1n) is 8.10. The summed E-state index contributed by atoms with van der Waals surface area (Å²) < 4.78 is 25.1. The maximum absolute atomic E-state index is 12.2. The van der Waals surface area contributed by atoms with E-state index in [0.29, 0.717) is 5.02 Å². The second-order valence-corrected chi connectivity index (χ2v) is 8.89. The van der Waals surface area contributed by atoms with E-state index in [4.69, 9.17) is 23.2 Å². The van der Waals surface area contributed by atoms with E-state index in [1.54, 1.807) is 0 Å². The molecule has 150 valence electrons. The number of halogens is 2. The van der Waals surface area contributed by atoms with Crippen LogP contribution in [-0.2, 0) is 14.8 Å². The molecule has 0 aliphatic carbocycles. The summed E-state index contributed by atoms with van der Waals surface area (Å²) in [5.74, 6) is -0.623. The monoisotopic (exact) mass is 442 g/mol. The minimum Gasteiger partial charge on any atom is -0.378 e. The van der Waals surface area contributed by atoms with Gasteiger partial charge >= 0.3 is 0 Å². The van der Waals surface area contributed by atoms with Crippen molar-refractivity contribution >= 4 is 56.7 Å². The fourth-order valence-electron chi connectivity index (χ4n) is 2.26. The van der Waals surface area contributed by atoms with Gasteiger partial charge in [0.1, 0.15) is 6.54 Å². The molecule has 10 heteroatoms. The number of carbonyl (C=O) groups excluding carboxylic acids is 1. The van der Waals surface area contributed by atoms with Crippen LogP contribution in [0, 0.1) is 0 Å². The Balaban J connectivity index is 2.09. The third-order valence-corrected chi connectivity index (χ3v) is 5.36. The van der Waals surface area contributed by atoms with Crippen LogP contribution >= 0.6 is 23.2 Å². The van der Waals surface area contributed by atoms with Crippen molar-refractivity contribution in [2.75, 3.05) is 36.1 Å².